The SMILES string of the molecule is C[CH-]C.[Br-].[Mg+2].[Mg]. The Balaban J connectivity index is -0.00000000667. The van der Waals surface area contributed by atoms with Crippen molar-refractivity contribution < 1.29 is 17.0 Å². The van der Waals surface area contributed by atoms with Crippen molar-refractivity contribution in [3.05, 3.63) is 6.42 Å². The van der Waals surface area contributed by atoms with Gasteiger partial charge in [-0.1, -0.05) is 0 Å². The van der Waals surface area contributed by atoms with E-state index in [1.807, 2.05) is 20.3 Å². The molecule has 0 unspecified atom stereocenters. The van der Waals surface area contributed by atoms with Crippen LogP contribution in [0.4, 0.5) is 0 Å². The number of rotatable bonds is 0. The maximum Gasteiger partial charge on any atom is 2.00 e. The summed E-state index contributed by atoms with van der Waals surface area (Å²) in [5, 5.41) is 0. The third kappa shape index (κ3) is 37.3. The van der Waals surface area contributed by atoms with Gasteiger partial charge in [-0.25, -0.2) is 0 Å². The van der Waals surface area contributed by atoms with Gasteiger partial charge in [0.05, 0.1) is 0 Å². The number of hydrogen-bond acceptors (Lipinski definition) is 0. The summed E-state index contributed by atoms with van der Waals surface area (Å²) in [4.78, 5) is 0. The monoisotopic (exact) mass is 170 g/mol. The van der Waals surface area contributed by atoms with Crippen LogP contribution >= 0.6 is 0 Å². The summed E-state index contributed by atoms with van der Waals surface area (Å²) in [6, 6.07) is 0. The van der Waals surface area contributed by atoms with Crippen LogP contribution < -0.4 is 17.0 Å². The van der Waals surface area contributed by atoms with Crippen molar-refractivity contribution in [2.75, 3.05) is 0 Å². The van der Waals surface area contributed by atoms with Crippen molar-refractivity contribution in [2.24, 2.45) is 0 Å². The molecule has 0 nitrogen and oxygen atoms in total. The van der Waals surface area contributed by atoms with Crippen molar-refractivity contribution in [3.63, 3.8) is 0 Å². The third-order valence-electron chi connectivity index (χ3n) is 0. The Hall–Kier alpha value is 2.01. The maximum absolute atomic E-state index is 2.00. The van der Waals surface area contributed by atoms with Gasteiger partial charge in [-0.2, -0.15) is 13.8 Å². The summed E-state index contributed by atoms with van der Waals surface area (Å²) in [7, 11) is 0. The second-order valence-corrected chi connectivity index (χ2v) is 0.577. The van der Waals surface area contributed by atoms with Crippen molar-refractivity contribution in [1.82, 2.24) is 0 Å². The Morgan fingerprint density at radius 3 is 1.17 bits per heavy atom. The van der Waals surface area contributed by atoms with Gasteiger partial charge in [-0.15, -0.1) is 0 Å². The molecule has 0 saturated heterocycles. The summed E-state index contributed by atoms with van der Waals surface area (Å²) >= 11 is 0. The minimum Gasteiger partial charge on any atom is -1.00 e. The first-order valence-electron chi connectivity index (χ1n) is 1.15. The quantitative estimate of drug-likeness (QED) is 0.279. The summed E-state index contributed by atoms with van der Waals surface area (Å²) in [5.41, 5.74) is 0. The Morgan fingerprint density at radius 1 is 1.17 bits per heavy atom. The van der Waals surface area contributed by atoms with Gasteiger partial charge in [0.15, 0.2) is 0 Å². The molecule has 0 aromatic rings. The molecule has 0 amide bonds. The zero-order valence-electron chi connectivity index (χ0n) is 4.37. The Bertz CT molecular complexity index is 8.75. The standard InChI is InChI=1S/C3H7.BrH.2Mg/c1-3-2;;;/h3H,1-2H3;1H;;/q-1;;;+2/p-1. The van der Waals surface area contributed by atoms with Crippen LogP contribution in [0.5, 0.6) is 0 Å². The number of halogens is 1. The zero-order chi connectivity index (χ0) is 2.71. The van der Waals surface area contributed by atoms with Crippen LogP contribution in [0.3, 0.4) is 0 Å². The minimum absolute atomic E-state index is 0. The normalized spacial score (nSPS) is 3.00. The molecule has 0 aliphatic heterocycles. The van der Waals surface area contributed by atoms with Crippen molar-refractivity contribution in [1.29, 1.82) is 0 Å². The molecule has 0 fully saturated rings. The predicted octanol–water partition coefficient (Wildman–Crippen LogP) is -2.53. The topological polar surface area (TPSA) is 0 Å². The maximum atomic E-state index is 2.00. The molecule has 0 rings (SSSR count). The average Bonchev–Trinajstić information content (AvgIpc) is 0.918. The van der Waals surface area contributed by atoms with Gasteiger partial charge in [0.2, 0.25) is 0 Å². The van der Waals surface area contributed by atoms with E-state index in [0.29, 0.717) is 0 Å². The summed E-state index contributed by atoms with van der Waals surface area (Å²) in [5.74, 6) is 0. The molecule has 0 spiro atoms. The molecule has 0 heterocycles. The van der Waals surface area contributed by atoms with Crippen LogP contribution in [0.2, 0.25) is 0 Å². The molecule has 0 aliphatic rings. The molecule has 0 aromatic heterocycles. The van der Waals surface area contributed by atoms with E-state index in [4.69, 9.17) is 0 Å². The minimum atomic E-state index is 0. The Labute approximate surface area is 82.5 Å². The van der Waals surface area contributed by atoms with Gasteiger partial charge in [-0.3, -0.25) is 0 Å². The van der Waals surface area contributed by atoms with E-state index in [9.17, 15) is 0 Å². The molecule has 6 heavy (non-hydrogen) atoms. The van der Waals surface area contributed by atoms with Crippen molar-refractivity contribution in [2.45, 2.75) is 13.8 Å². The van der Waals surface area contributed by atoms with Crippen molar-refractivity contribution in [3.8, 4) is 0 Å². The van der Waals surface area contributed by atoms with E-state index in [1.165, 1.54) is 0 Å². The molecule has 0 atom stereocenters. The third-order valence-corrected chi connectivity index (χ3v) is 0. The second kappa shape index (κ2) is 27.9. The molecule has 0 aromatic carbocycles. The van der Waals surface area contributed by atoms with Gasteiger partial charge < -0.3 is 23.4 Å². The largest absolute Gasteiger partial charge is 2.00 e. The second-order valence-electron chi connectivity index (χ2n) is 0.577. The smallest absolute Gasteiger partial charge is 1.00 e. The van der Waals surface area contributed by atoms with Gasteiger partial charge >= 0.3 is 23.1 Å². The van der Waals surface area contributed by atoms with Crippen LogP contribution in [0, 0.1) is 6.42 Å². The summed E-state index contributed by atoms with van der Waals surface area (Å²) in [6.07, 6.45) is 2.00. The first-order valence-corrected chi connectivity index (χ1v) is 1.15. The molecule has 0 aliphatic carbocycles. The molecule has 0 N–H and O–H groups in total. The first kappa shape index (κ1) is 24.5. The van der Waals surface area contributed by atoms with Crippen LogP contribution in [0.25, 0.3) is 0 Å². The van der Waals surface area contributed by atoms with Crippen LogP contribution in [0.15, 0.2) is 0 Å². The van der Waals surface area contributed by atoms with E-state index < -0.39 is 0 Å². The number of hydrogen-bond donors (Lipinski definition) is 0. The predicted molar refractivity (Wildman–Crippen MR) is 27.2 cm³/mol. The molecule has 0 saturated carbocycles. The molecule has 30 valence electrons. The zero-order valence-corrected chi connectivity index (χ0v) is 8.78. The van der Waals surface area contributed by atoms with Crippen LogP contribution in [0.1, 0.15) is 13.8 Å². The van der Waals surface area contributed by atoms with E-state index >= 15 is 0 Å². The Kier molecular flexibility index (Phi) is 114. The van der Waals surface area contributed by atoms with Gasteiger partial charge in [-0.05, 0) is 0 Å². The van der Waals surface area contributed by atoms with Gasteiger partial charge in [0, 0.05) is 23.1 Å². The summed E-state index contributed by atoms with van der Waals surface area (Å²) < 4.78 is 0. The summed E-state index contributed by atoms with van der Waals surface area (Å²) in [6.45, 7) is 4.00. The molecule has 0 bridgehead atoms. The van der Waals surface area contributed by atoms with E-state index in [2.05, 4.69) is 0 Å². The first-order chi connectivity index (χ1) is 1.41. The fourth-order valence-corrected chi connectivity index (χ4v) is 0. The fraction of sp³-hybridized carbons (Fsp3) is 0.667. The van der Waals surface area contributed by atoms with E-state index in [-0.39, 0.29) is 63.1 Å². The average molecular weight is 172 g/mol. The van der Waals surface area contributed by atoms with E-state index in [1.54, 1.807) is 0 Å². The van der Waals surface area contributed by atoms with Gasteiger partial charge in [0.1, 0.15) is 0 Å². The van der Waals surface area contributed by atoms with E-state index in [0.717, 1.165) is 0 Å². The van der Waals surface area contributed by atoms with Crippen LogP contribution in [-0.2, 0) is 0 Å². The molecule has 3 heteroatoms. The van der Waals surface area contributed by atoms with Crippen molar-refractivity contribution >= 4 is 46.1 Å². The molecule has 2 radical (unpaired) electrons. The molecular formula is C3H7BrMg2. The molecular weight excluding hydrogens is 165 g/mol. The Morgan fingerprint density at radius 2 is 1.17 bits per heavy atom. The van der Waals surface area contributed by atoms with Crippen LogP contribution in [-0.4, -0.2) is 46.1 Å². The van der Waals surface area contributed by atoms with Gasteiger partial charge in [0.25, 0.3) is 0 Å². The fourth-order valence-electron chi connectivity index (χ4n) is 0.